The van der Waals surface area contributed by atoms with Crippen LogP contribution in [0, 0.1) is 11.8 Å². The van der Waals surface area contributed by atoms with E-state index in [0.717, 1.165) is 25.9 Å². The summed E-state index contributed by atoms with van der Waals surface area (Å²) < 4.78 is 0. The molecule has 0 saturated heterocycles. The molecule has 0 aliphatic carbocycles. The lowest BCUT2D eigenvalue weighted by Crippen LogP contribution is -2.45. The SMILES string of the molecule is CCC(CC)N(CC(C)C)CC(C)C(=O)NN. The van der Waals surface area contributed by atoms with Crippen LogP contribution in [0.4, 0.5) is 0 Å². The van der Waals surface area contributed by atoms with Gasteiger partial charge in [0, 0.05) is 25.0 Å². The topological polar surface area (TPSA) is 58.4 Å². The molecule has 0 aliphatic heterocycles. The second-order valence-corrected chi connectivity index (χ2v) is 5.23. The molecule has 1 amide bonds. The number of amides is 1. The molecule has 0 aromatic heterocycles. The Morgan fingerprint density at radius 1 is 1.18 bits per heavy atom. The van der Waals surface area contributed by atoms with Gasteiger partial charge in [-0.3, -0.25) is 15.1 Å². The van der Waals surface area contributed by atoms with Crippen LogP contribution in [0.25, 0.3) is 0 Å². The Bertz CT molecular complexity index is 215. The summed E-state index contributed by atoms with van der Waals surface area (Å²) in [7, 11) is 0. The zero-order chi connectivity index (χ0) is 13.4. The summed E-state index contributed by atoms with van der Waals surface area (Å²) in [6, 6.07) is 0.561. The van der Waals surface area contributed by atoms with Gasteiger partial charge in [-0.2, -0.15) is 0 Å². The molecule has 0 heterocycles. The Balaban J connectivity index is 4.51. The predicted octanol–water partition coefficient (Wildman–Crippen LogP) is 1.76. The van der Waals surface area contributed by atoms with Crippen molar-refractivity contribution in [2.75, 3.05) is 13.1 Å². The maximum atomic E-state index is 11.5. The van der Waals surface area contributed by atoms with Gasteiger partial charge in [-0.05, 0) is 18.8 Å². The Morgan fingerprint density at radius 2 is 1.71 bits per heavy atom. The third-order valence-corrected chi connectivity index (χ3v) is 3.16. The smallest absolute Gasteiger partial charge is 0.237 e. The molecule has 0 fully saturated rings. The molecule has 0 aromatic rings. The molecule has 0 bridgehead atoms. The summed E-state index contributed by atoms with van der Waals surface area (Å²) in [5.74, 6) is 5.65. The van der Waals surface area contributed by atoms with Crippen LogP contribution in [0.15, 0.2) is 0 Å². The highest BCUT2D eigenvalue weighted by atomic mass is 16.2. The molecule has 0 radical (unpaired) electrons. The molecule has 0 rings (SSSR count). The van der Waals surface area contributed by atoms with Crippen LogP contribution >= 0.6 is 0 Å². The average Bonchev–Trinajstić information content (AvgIpc) is 2.28. The molecule has 3 N–H and O–H groups in total. The molecule has 4 heteroatoms. The van der Waals surface area contributed by atoms with Gasteiger partial charge in [0.25, 0.3) is 0 Å². The molecule has 0 saturated carbocycles. The van der Waals surface area contributed by atoms with Crippen molar-refractivity contribution >= 4 is 5.91 Å². The second kappa shape index (κ2) is 8.48. The molecule has 1 atom stereocenters. The van der Waals surface area contributed by atoms with Crippen LogP contribution in [-0.4, -0.2) is 29.9 Å². The van der Waals surface area contributed by atoms with Gasteiger partial charge < -0.3 is 0 Å². The molecule has 102 valence electrons. The molecule has 4 nitrogen and oxygen atoms in total. The van der Waals surface area contributed by atoms with Crippen LogP contribution in [0.3, 0.4) is 0 Å². The molecular weight excluding hydrogens is 214 g/mol. The fraction of sp³-hybridized carbons (Fsp3) is 0.923. The molecule has 1 unspecified atom stereocenters. The van der Waals surface area contributed by atoms with Crippen molar-refractivity contribution in [2.24, 2.45) is 17.7 Å². The van der Waals surface area contributed by atoms with E-state index in [-0.39, 0.29) is 11.8 Å². The van der Waals surface area contributed by atoms with Crippen molar-refractivity contribution in [3.05, 3.63) is 0 Å². The van der Waals surface area contributed by atoms with Crippen LogP contribution in [0.2, 0.25) is 0 Å². The normalized spacial score (nSPS) is 13.5. The minimum atomic E-state index is -0.0790. The van der Waals surface area contributed by atoms with Crippen LogP contribution < -0.4 is 11.3 Å². The summed E-state index contributed by atoms with van der Waals surface area (Å²) in [4.78, 5) is 13.9. The first-order valence-corrected chi connectivity index (χ1v) is 6.70. The number of hydrazine groups is 1. The average molecular weight is 243 g/mol. The van der Waals surface area contributed by atoms with Gasteiger partial charge in [0.2, 0.25) is 5.91 Å². The molecular formula is C13H29N3O. The number of nitrogens with two attached hydrogens (primary N) is 1. The first-order valence-electron chi connectivity index (χ1n) is 6.70. The van der Waals surface area contributed by atoms with Gasteiger partial charge in [-0.1, -0.05) is 34.6 Å². The molecule has 17 heavy (non-hydrogen) atoms. The highest BCUT2D eigenvalue weighted by Gasteiger charge is 2.21. The zero-order valence-electron chi connectivity index (χ0n) is 12.0. The standard InChI is InChI=1S/C13H29N3O/c1-6-12(7-2)16(8-10(3)4)9-11(5)13(17)15-14/h10-12H,6-9,14H2,1-5H3,(H,15,17). The summed E-state index contributed by atoms with van der Waals surface area (Å²) in [6.45, 7) is 12.6. The Kier molecular flexibility index (Phi) is 8.17. The van der Waals surface area contributed by atoms with Crippen molar-refractivity contribution in [1.29, 1.82) is 0 Å². The van der Waals surface area contributed by atoms with E-state index in [2.05, 4.69) is 38.0 Å². The number of hydrogen-bond donors (Lipinski definition) is 2. The van der Waals surface area contributed by atoms with Gasteiger partial charge in [-0.15, -0.1) is 0 Å². The Labute approximate surface area is 106 Å². The fourth-order valence-corrected chi connectivity index (χ4v) is 2.22. The fourth-order valence-electron chi connectivity index (χ4n) is 2.22. The van der Waals surface area contributed by atoms with Crippen LogP contribution in [0.5, 0.6) is 0 Å². The van der Waals surface area contributed by atoms with Crippen molar-refractivity contribution in [2.45, 2.75) is 53.5 Å². The van der Waals surface area contributed by atoms with E-state index >= 15 is 0 Å². The number of rotatable bonds is 8. The first-order chi connectivity index (χ1) is 7.96. The van der Waals surface area contributed by atoms with E-state index < -0.39 is 0 Å². The highest BCUT2D eigenvalue weighted by molar-refractivity contribution is 5.77. The second-order valence-electron chi connectivity index (χ2n) is 5.23. The molecule has 0 spiro atoms. The van der Waals surface area contributed by atoms with Gasteiger partial charge >= 0.3 is 0 Å². The van der Waals surface area contributed by atoms with Crippen molar-refractivity contribution in [1.82, 2.24) is 10.3 Å². The van der Waals surface area contributed by atoms with Gasteiger partial charge in [0.1, 0.15) is 0 Å². The summed E-state index contributed by atoms with van der Waals surface area (Å²) in [5, 5.41) is 0. The molecule has 0 aliphatic rings. The van der Waals surface area contributed by atoms with E-state index in [9.17, 15) is 4.79 Å². The number of hydrogen-bond acceptors (Lipinski definition) is 3. The van der Waals surface area contributed by atoms with Gasteiger partial charge in [-0.25, -0.2) is 5.84 Å². The van der Waals surface area contributed by atoms with Crippen molar-refractivity contribution in [3.63, 3.8) is 0 Å². The van der Waals surface area contributed by atoms with Gasteiger partial charge in [0.15, 0.2) is 0 Å². The lowest BCUT2D eigenvalue weighted by atomic mass is 10.0. The van der Waals surface area contributed by atoms with E-state index in [1.807, 2.05) is 6.92 Å². The van der Waals surface area contributed by atoms with Crippen molar-refractivity contribution in [3.8, 4) is 0 Å². The van der Waals surface area contributed by atoms with E-state index in [1.165, 1.54) is 0 Å². The number of nitrogens with one attached hydrogen (secondary N) is 1. The van der Waals surface area contributed by atoms with E-state index in [1.54, 1.807) is 0 Å². The van der Waals surface area contributed by atoms with Crippen LogP contribution in [-0.2, 0) is 4.79 Å². The zero-order valence-corrected chi connectivity index (χ0v) is 12.0. The highest BCUT2D eigenvalue weighted by Crippen LogP contribution is 2.14. The molecule has 0 aromatic carbocycles. The number of carbonyl (C=O) groups excluding carboxylic acids is 1. The minimum absolute atomic E-state index is 0.0562. The first kappa shape index (κ1) is 16.4. The monoisotopic (exact) mass is 243 g/mol. The van der Waals surface area contributed by atoms with E-state index in [4.69, 9.17) is 5.84 Å². The lowest BCUT2D eigenvalue weighted by molar-refractivity contribution is -0.125. The third-order valence-electron chi connectivity index (χ3n) is 3.16. The maximum Gasteiger partial charge on any atom is 0.237 e. The maximum absolute atomic E-state index is 11.5. The number of nitrogens with zero attached hydrogens (tertiary/aromatic N) is 1. The quantitative estimate of drug-likeness (QED) is 0.388. The Hall–Kier alpha value is -0.610. The van der Waals surface area contributed by atoms with E-state index in [0.29, 0.717) is 12.0 Å². The minimum Gasteiger partial charge on any atom is -0.299 e. The third kappa shape index (κ3) is 6.03. The summed E-state index contributed by atoms with van der Waals surface area (Å²) in [5.41, 5.74) is 2.23. The summed E-state index contributed by atoms with van der Waals surface area (Å²) >= 11 is 0. The van der Waals surface area contributed by atoms with Gasteiger partial charge in [0.05, 0.1) is 0 Å². The van der Waals surface area contributed by atoms with Crippen molar-refractivity contribution < 1.29 is 4.79 Å². The Morgan fingerprint density at radius 3 is 2.06 bits per heavy atom. The van der Waals surface area contributed by atoms with Crippen LogP contribution in [0.1, 0.15) is 47.5 Å². The lowest BCUT2D eigenvalue weighted by Gasteiger charge is -2.33. The predicted molar refractivity (Wildman–Crippen MR) is 72.3 cm³/mol. The summed E-state index contributed by atoms with van der Waals surface area (Å²) in [6.07, 6.45) is 2.25. The largest absolute Gasteiger partial charge is 0.299 e. The number of carbonyl (C=O) groups is 1.